The van der Waals surface area contributed by atoms with Crippen molar-refractivity contribution in [2.75, 3.05) is 83.6 Å². The molecule has 1 saturated heterocycles. The Morgan fingerprint density at radius 3 is 2.39 bits per heavy atom. The Morgan fingerprint density at radius 1 is 0.924 bits per heavy atom. The molecule has 4 amide bonds. The number of likely N-dealkylation sites (N-methyl/N-ethyl adjacent to an activating group) is 3. The molecule has 18 nitrogen and oxygen atoms in total. The van der Waals surface area contributed by atoms with E-state index in [1.165, 1.54) is 4.90 Å². The number of hydrogen-bond donors (Lipinski definition) is 5. The van der Waals surface area contributed by atoms with Crippen LogP contribution in [0.2, 0.25) is 0 Å². The number of aliphatic hydroxyl groups is 1. The number of anilines is 4. The summed E-state index contributed by atoms with van der Waals surface area (Å²) in [5.41, 5.74) is 8.99. The molecule has 19 heteroatoms. The van der Waals surface area contributed by atoms with Gasteiger partial charge in [-0.05, 0) is 82.2 Å². The number of aliphatic hydroxyl groups excluding tert-OH is 1. The second-order valence-electron chi connectivity index (χ2n) is 22.0. The lowest BCUT2D eigenvalue weighted by molar-refractivity contribution is -0.144. The Bertz CT molecular complexity index is 3060. The summed E-state index contributed by atoms with van der Waals surface area (Å²) in [6, 6.07) is 20.1. The molecular weight excluding hydrogens is 1020 g/mol. The van der Waals surface area contributed by atoms with Gasteiger partial charge < -0.3 is 55.3 Å². The number of nitrogens with zero attached hydrogens (tertiary/aromatic N) is 8. The van der Waals surface area contributed by atoms with Crippen LogP contribution >= 0.6 is 11.3 Å². The van der Waals surface area contributed by atoms with Gasteiger partial charge in [0.25, 0.3) is 0 Å². The molecule has 4 heterocycles. The van der Waals surface area contributed by atoms with Crippen molar-refractivity contribution in [3.8, 4) is 27.4 Å². The van der Waals surface area contributed by atoms with Crippen molar-refractivity contribution >= 4 is 68.9 Å². The molecule has 79 heavy (non-hydrogen) atoms. The van der Waals surface area contributed by atoms with Gasteiger partial charge in [0.15, 0.2) is 0 Å². The molecule has 5 N–H and O–H groups in total. The summed E-state index contributed by atoms with van der Waals surface area (Å²) < 4.78 is 7.96. The molecule has 422 valence electrons. The number of methoxy groups -OCH3 is 1. The van der Waals surface area contributed by atoms with E-state index in [0.717, 1.165) is 88.3 Å². The summed E-state index contributed by atoms with van der Waals surface area (Å²) in [6.45, 7) is 10.9. The average molecular weight is 1100 g/mol. The number of ether oxygens (including phenoxy) is 1. The number of benzene rings is 3. The number of amides is 4. The Labute approximate surface area is 469 Å². The second-order valence-corrected chi connectivity index (χ2v) is 22.8. The number of nitrogens with one attached hydrogen (secondary N) is 4. The molecule has 6 aromatic rings. The van der Waals surface area contributed by atoms with Crippen LogP contribution in [0.1, 0.15) is 77.0 Å². The van der Waals surface area contributed by atoms with E-state index in [1.54, 1.807) is 30.7 Å². The van der Waals surface area contributed by atoms with Crippen LogP contribution < -0.4 is 30.9 Å². The third-order valence-corrected chi connectivity index (χ3v) is 15.3. The highest BCUT2D eigenvalue weighted by atomic mass is 32.1. The molecule has 0 saturated carbocycles. The number of hydrogen-bond acceptors (Lipinski definition) is 14. The lowest BCUT2D eigenvalue weighted by atomic mass is 9.85. The van der Waals surface area contributed by atoms with Crippen LogP contribution in [0.25, 0.3) is 32.6 Å². The number of carbonyl (C=O) groups excluding carboxylic acids is 4. The SMILES string of the molecule is COc1cc(N(C)CCN(C)C)c(NC(=O)/C=C/CN(C)CCCCCCCC(=O)N[C@H](C(=O)N2C[C@H](O)C[C@H]2C(=O)NCc2ccc(-c3scnc3C)cc2)C(C)(C)C)cc1Nc1nccc(-c2cn(C)c3ccccc23)n1. The fourth-order valence-corrected chi connectivity index (χ4v) is 10.6. The summed E-state index contributed by atoms with van der Waals surface area (Å²) >= 11 is 1.58. The van der Waals surface area contributed by atoms with Gasteiger partial charge >= 0.3 is 0 Å². The summed E-state index contributed by atoms with van der Waals surface area (Å²) in [4.78, 5) is 77.1. The largest absolute Gasteiger partial charge is 0.494 e. The van der Waals surface area contributed by atoms with E-state index in [0.29, 0.717) is 42.6 Å². The van der Waals surface area contributed by atoms with Crippen molar-refractivity contribution in [3.63, 3.8) is 0 Å². The number of unbranched alkanes of at least 4 members (excludes halogenated alkanes) is 4. The van der Waals surface area contributed by atoms with E-state index >= 15 is 0 Å². The van der Waals surface area contributed by atoms with Crippen LogP contribution in [0.3, 0.4) is 0 Å². The van der Waals surface area contributed by atoms with Crippen LogP contribution in [0.5, 0.6) is 5.75 Å². The number of aryl methyl sites for hydroxylation is 2. The Balaban J connectivity index is 0.848. The lowest BCUT2D eigenvalue weighted by Crippen LogP contribution is -2.57. The average Bonchev–Trinajstić information content (AvgIpc) is 4.19. The highest BCUT2D eigenvalue weighted by Gasteiger charge is 2.44. The molecule has 0 bridgehead atoms. The van der Waals surface area contributed by atoms with Crippen LogP contribution in [-0.2, 0) is 32.8 Å². The first kappa shape index (κ1) is 59.5. The number of fused-ring (bicyclic) bond motifs is 1. The first-order chi connectivity index (χ1) is 37.8. The molecule has 3 atom stereocenters. The molecule has 1 aliphatic heterocycles. The van der Waals surface area contributed by atoms with Gasteiger partial charge in [-0.2, -0.15) is 0 Å². The first-order valence-corrected chi connectivity index (χ1v) is 28.1. The number of carbonyl (C=O) groups is 4. The minimum absolute atomic E-state index is 0.0193. The fourth-order valence-electron chi connectivity index (χ4n) is 9.77. The number of likely N-dealkylation sites (tertiary alicyclic amines) is 1. The molecule has 3 aromatic carbocycles. The van der Waals surface area contributed by atoms with Gasteiger partial charge in [0, 0.05) is 101 Å². The predicted octanol–water partition coefficient (Wildman–Crippen LogP) is 8.39. The van der Waals surface area contributed by atoms with E-state index in [2.05, 4.69) is 68.8 Å². The quantitative estimate of drug-likeness (QED) is 0.0256. The zero-order valence-corrected chi connectivity index (χ0v) is 48.5. The molecule has 1 fully saturated rings. The van der Waals surface area contributed by atoms with Crippen LogP contribution in [-0.4, -0.2) is 149 Å². The maximum Gasteiger partial charge on any atom is 0.248 e. The standard InChI is InChI=1S/C60H80N12O6S/c1-40-55(79-39-63-40)42-25-23-41(24-26-42)36-62-57(76)51-33-43(73)37-72(51)58(77)56(60(2,3)4)67-54(75)21-14-12-11-13-17-29-69(7)30-18-22-53(74)64-47-34-48(52(78-10)35-50(47)70(8)32-31-68(5)6)66-59-61-28-27-46(65-59)45-38-71(9)49-20-16-15-19-44(45)49/h15-16,18-20,22-28,34-35,38-39,43,51,56,73H,11-14,17,21,29-33,36-37H2,1-10H3,(H,62,76)(H,64,74)(H,67,75)(H,61,65,66)/b22-18+/t43-,51+,56-/m1/s1. The molecule has 0 unspecified atom stereocenters. The molecule has 1 aliphatic rings. The minimum Gasteiger partial charge on any atom is -0.494 e. The van der Waals surface area contributed by atoms with Gasteiger partial charge in [-0.3, -0.25) is 19.2 Å². The first-order valence-electron chi connectivity index (χ1n) is 27.2. The topological polar surface area (TPSA) is 202 Å². The third kappa shape index (κ3) is 16.2. The maximum absolute atomic E-state index is 14.1. The lowest BCUT2D eigenvalue weighted by Gasteiger charge is -2.35. The normalized spacial score (nSPS) is 15.0. The van der Waals surface area contributed by atoms with Crippen LogP contribution in [0.15, 0.2) is 96.8 Å². The molecule has 0 spiro atoms. The number of β-amino-alcohol motifs (C(OH)–C–C–N with tert-alkyl or cyclic N) is 1. The van der Waals surface area contributed by atoms with Gasteiger partial charge in [0.2, 0.25) is 29.6 Å². The number of rotatable bonds is 26. The van der Waals surface area contributed by atoms with E-state index in [4.69, 9.17) is 9.72 Å². The summed E-state index contributed by atoms with van der Waals surface area (Å²) in [6.07, 6.45) is 11.2. The summed E-state index contributed by atoms with van der Waals surface area (Å²) in [5, 5.41) is 24.2. The van der Waals surface area contributed by atoms with Crippen LogP contribution in [0, 0.1) is 12.3 Å². The van der Waals surface area contributed by atoms with Gasteiger partial charge in [-0.15, -0.1) is 11.3 Å². The van der Waals surface area contributed by atoms with E-state index in [9.17, 15) is 24.3 Å². The zero-order valence-electron chi connectivity index (χ0n) is 47.6. The predicted molar refractivity (Wildman–Crippen MR) is 317 cm³/mol. The van der Waals surface area contributed by atoms with Crippen molar-refractivity contribution in [3.05, 3.63) is 108 Å². The molecule has 7 rings (SSSR count). The molecule has 0 radical (unpaired) electrons. The van der Waals surface area contributed by atoms with Gasteiger partial charge in [0.05, 0.1) is 52.1 Å². The monoisotopic (exact) mass is 1100 g/mol. The highest BCUT2D eigenvalue weighted by Crippen LogP contribution is 2.39. The maximum atomic E-state index is 14.1. The van der Waals surface area contributed by atoms with Gasteiger partial charge in [-0.1, -0.05) is 88.6 Å². The molecule has 3 aromatic heterocycles. The fraction of sp³-hybridized carbons (Fsp3) is 0.450. The minimum atomic E-state index is -0.874. The Hall–Kier alpha value is -7.19. The van der Waals surface area contributed by atoms with Crippen LogP contribution in [0.4, 0.5) is 23.0 Å². The van der Waals surface area contributed by atoms with E-state index in [-0.39, 0.29) is 49.6 Å². The highest BCUT2D eigenvalue weighted by molar-refractivity contribution is 7.13. The second kappa shape index (κ2) is 27.6. The van der Waals surface area contributed by atoms with Crippen molar-refractivity contribution in [1.29, 1.82) is 0 Å². The third-order valence-electron chi connectivity index (χ3n) is 14.3. The number of aromatic nitrogens is 4. The van der Waals surface area contributed by atoms with E-state index in [1.807, 2.05) is 129 Å². The van der Waals surface area contributed by atoms with Crippen molar-refractivity contribution < 1.29 is 29.0 Å². The molecule has 0 aliphatic carbocycles. The number of thiazole rings is 1. The van der Waals surface area contributed by atoms with E-state index < -0.39 is 23.6 Å². The summed E-state index contributed by atoms with van der Waals surface area (Å²) in [7, 11) is 11.7. The summed E-state index contributed by atoms with van der Waals surface area (Å²) in [5.74, 6) is -0.237. The van der Waals surface area contributed by atoms with Crippen molar-refractivity contribution in [1.82, 2.24) is 44.9 Å². The Kier molecular flexibility index (Phi) is 20.8. The van der Waals surface area contributed by atoms with Crippen molar-refractivity contribution in [2.45, 2.75) is 97.4 Å². The Morgan fingerprint density at radius 2 is 1.67 bits per heavy atom. The van der Waals surface area contributed by atoms with Gasteiger partial charge in [-0.25, -0.2) is 15.0 Å². The zero-order chi connectivity index (χ0) is 56.8. The smallest absolute Gasteiger partial charge is 0.248 e. The molecular formula is C60H80N12O6S. The van der Waals surface area contributed by atoms with Crippen molar-refractivity contribution in [2.24, 2.45) is 12.5 Å². The number of para-hydroxylation sites is 1. The van der Waals surface area contributed by atoms with Gasteiger partial charge in [0.1, 0.15) is 17.8 Å².